The molecule has 0 aromatic heterocycles. The van der Waals surface area contributed by atoms with Gasteiger partial charge < -0.3 is 19.8 Å². The van der Waals surface area contributed by atoms with Crippen molar-refractivity contribution in [3.05, 3.63) is 65.2 Å². The minimum atomic E-state index is -2.68. The first-order valence-corrected chi connectivity index (χ1v) is 9.03. The minimum Gasteiger partial charge on any atom is -0.760 e. The predicted molar refractivity (Wildman–Crippen MR) is 101 cm³/mol. The third-order valence-corrected chi connectivity index (χ3v) is 4.18. The van der Waals surface area contributed by atoms with Crippen molar-refractivity contribution in [3.8, 4) is 5.75 Å². The number of ketones is 1. The van der Waals surface area contributed by atoms with Crippen LogP contribution < -0.4 is 15.2 Å². The van der Waals surface area contributed by atoms with Crippen LogP contribution in [0.5, 0.6) is 5.75 Å². The molecule has 4 N–H and O–H groups in total. The Hall–Kier alpha value is -3.08. The second-order valence-electron chi connectivity index (χ2n) is 5.57. The molecule has 0 amide bonds. The molecule has 0 saturated heterocycles. The van der Waals surface area contributed by atoms with Crippen LogP contribution in [0.4, 0.5) is 0 Å². The van der Waals surface area contributed by atoms with E-state index in [0.717, 1.165) is 0 Å². The van der Waals surface area contributed by atoms with E-state index in [9.17, 15) is 18.4 Å². The van der Waals surface area contributed by atoms with Crippen molar-refractivity contribution in [2.45, 2.75) is 6.04 Å². The average molecular weight is 404 g/mol. The second-order valence-corrected chi connectivity index (χ2v) is 6.28. The second kappa shape index (κ2) is 9.74. The lowest BCUT2D eigenvalue weighted by atomic mass is 9.97. The molecule has 0 spiro atoms. The summed E-state index contributed by atoms with van der Waals surface area (Å²) < 4.78 is 34.2. The van der Waals surface area contributed by atoms with Crippen molar-refractivity contribution in [2.24, 2.45) is 5.73 Å². The fourth-order valence-corrected chi connectivity index (χ4v) is 2.74. The van der Waals surface area contributed by atoms with Gasteiger partial charge in [0.25, 0.3) is 0 Å². The van der Waals surface area contributed by atoms with Crippen molar-refractivity contribution < 1.29 is 27.8 Å². The maximum atomic E-state index is 12.8. The van der Waals surface area contributed by atoms with Gasteiger partial charge in [-0.1, -0.05) is 24.3 Å². The number of esters is 1. The monoisotopic (exact) mass is 404 g/mol. The molecule has 0 aliphatic rings. The van der Waals surface area contributed by atoms with Gasteiger partial charge >= 0.3 is 5.97 Å². The number of nitrogens with one attached hydrogen (secondary N) is 2. The summed E-state index contributed by atoms with van der Waals surface area (Å²) in [5.41, 5.74) is 6.48. The molecule has 0 bridgehead atoms. The molecular formula is C18H18N3O6S-. The number of hydrogen-bond donors (Lipinski definition) is 3. The summed E-state index contributed by atoms with van der Waals surface area (Å²) >= 11 is -2.68. The standard InChI is InChI=1S/C18H19N3O6S/c1-26-15(22)10-27-14-8-6-12(7-9-14)17(23)16(21-28(24)25)11-2-4-13(5-3-11)18(19)20/h2-9,16,21H,10H2,1H3,(H3,19,20)(H,24,25)/p-1. The van der Waals surface area contributed by atoms with Gasteiger partial charge in [-0.3, -0.25) is 14.4 Å². The van der Waals surface area contributed by atoms with E-state index in [4.69, 9.17) is 15.9 Å². The van der Waals surface area contributed by atoms with Crippen molar-refractivity contribution in [1.29, 1.82) is 5.41 Å². The fourth-order valence-electron chi connectivity index (χ4n) is 2.31. The number of amidine groups is 1. The summed E-state index contributed by atoms with van der Waals surface area (Å²) in [6.45, 7) is -0.272. The van der Waals surface area contributed by atoms with Crippen molar-refractivity contribution in [2.75, 3.05) is 13.7 Å². The van der Waals surface area contributed by atoms with E-state index in [0.29, 0.717) is 16.9 Å². The number of benzene rings is 2. The van der Waals surface area contributed by atoms with Gasteiger partial charge in [0.1, 0.15) is 17.6 Å². The van der Waals surface area contributed by atoms with E-state index < -0.39 is 29.1 Å². The Balaban J connectivity index is 2.21. The fraction of sp³-hybridized carbons (Fsp3) is 0.167. The molecular weight excluding hydrogens is 386 g/mol. The Morgan fingerprint density at radius 1 is 1.14 bits per heavy atom. The van der Waals surface area contributed by atoms with Crippen LogP contribution in [0.3, 0.4) is 0 Å². The van der Waals surface area contributed by atoms with Gasteiger partial charge in [-0.15, -0.1) is 0 Å². The van der Waals surface area contributed by atoms with Gasteiger partial charge in [-0.2, -0.15) is 0 Å². The van der Waals surface area contributed by atoms with E-state index in [2.05, 4.69) is 9.46 Å². The quantitative estimate of drug-likeness (QED) is 0.184. The number of hydrogen-bond acceptors (Lipinski definition) is 7. The zero-order chi connectivity index (χ0) is 20.7. The zero-order valence-electron chi connectivity index (χ0n) is 14.8. The topological polar surface area (TPSA) is 155 Å². The van der Waals surface area contributed by atoms with E-state index >= 15 is 0 Å². The van der Waals surface area contributed by atoms with Gasteiger partial charge in [0.2, 0.25) is 0 Å². The van der Waals surface area contributed by atoms with Crippen LogP contribution in [0.15, 0.2) is 48.5 Å². The van der Waals surface area contributed by atoms with Crippen LogP contribution in [0.1, 0.15) is 27.5 Å². The summed E-state index contributed by atoms with van der Waals surface area (Å²) in [5, 5.41) is 7.39. The molecule has 2 aromatic rings. The molecule has 148 valence electrons. The molecule has 0 radical (unpaired) electrons. The third kappa shape index (κ3) is 5.71. The number of carbonyl (C=O) groups excluding carboxylic acids is 2. The van der Waals surface area contributed by atoms with Gasteiger partial charge in [-0.05, 0) is 29.8 Å². The van der Waals surface area contributed by atoms with Crippen LogP contribution in [0, 0.1) is 5.41 Å². The first-order valence-electron chi connectivity index (χ1n) is 7.95. The maximum Gasteiger partial charge on any atom is 0.343 e. The summed E-state index contributed by atoms with van der Waals surface area (Å²) in [7, 11) is 1.24. The summed E-state index contributed by atoms with van der Waals surface area (Å²) in [5.74, 6) is -0.822. The number of nitrogens with two attached hydrogens (primary N) is 1. The molecule has 0 saturated carbocycles. The molecule has 0 aliphatic heterocycles. The molecule has 9 nitrogen and oxygen atoms in total. The molecule has 0 heterocycles. The molecule has 2 aromatic carbocycles. The van der Waals surface area contributed by atoms with E-state index in [1.165, 1.54) is 55.6 Å². The highest BCUT2D eigenvalue weighted by Crippen LogP contribution is 2.21. The average Bonchev–Trinajstić information content (AvgIpc) is 2.70. The first-order chi connectivity index (χ1) is 13.3. The lowest BCUT2D eigenvalue weighted by molar-refractivity contribution is -0.142. The predicted octanol–water partition coefficient (Wildman–Crippen LogP) is 0.830. The van der Waals surface area contributed by atoms with E-state index in [1.54, 1.807) is 0 Å². The molecule has 0 aliphatic carbocycles. The van der Waals surface area contributed by atoms with Gasteiger partial charge in [0.05, 0.1) is 7.11 Å². The SMILES string of the molecule is COC(=O)COc1ccc(C(=O)C(NS(=O)[O-])c2ccc(C(=N)N)cc2)cc1. The minimum absolute atomic E-state index is 0.141. The van der Waals surface area contributed by atoms with Crippen LogP contribution in [0.25, 0.3) is 0 Å². The smallest absolute Gasteiger partial charge is 0.343 e. The number of Topliss-reactive ketones (excluding diaryl/α,β-unsaturated/α-hetero) is 1. The van der Waals surface area contributed by atoms with Gasteiger partial charge in [0, 0.05) is 22.4 Å². The number of nitrogen functional groups attached to an aromatic ring is 1. The maximum absolute atomic E-state index is 12.8. The zero-order valence-corrected chi connectivity index (χ0v) is 15.7. The number of methoxy groups -OCH3 is 1. The van der Waals surface area contributed by atoms with E-state index in [1.807, 2.05) is 0 Å². The summed E-state index contributed by atoms with van der Waals surface area (Å²) in [4.78, 5) is 23.9. The normalized spacial score (nSPS) is 12.6. The highest BCUT2D eigenvalue weighted by Gasteiger charge is 2.22. The lowest BCUT2D eigenvalue weighted by Crippen LogP contribution is -2.30. The van der Waals surface area contributed by atoms with Crippen LogP contribution in [-0.2, 0) is 20.8 Å². The molecule has 28 heavy (non-hydrogen) atoms. The van der Waals surface area contributed by atoms with Crippen molar-refractivity contribution in [1.82, 2.24) is 4.72 Å². The number of ether oxygens (including phenoxy) is 2. The summed E-state index contributed by atoms with van der Waals surface area (Å²) in [6.07, 6.45) is 0. The Bertz CT molecular complexity index is 883. The summed E-state index contributed by atoms with van der Waals surface area (Å²) in [6, 6.07) is 10.8. The molecule has 10 heteroatoms. The number of rotatable bonds is 9. The van der Waals surface area contributed by atoms with Crippen molar-refractivity contribution in [3.63, 3.8) is 0 Å². The molecule has 2 atom stereocenters. The molecule has 0 fully saturated rings. The molecule has 2 unspecified atom stereocenters. The highest BCUT2D eigenvalue weighted by atomic mass is 32.2. The molecule has 2 rings (SSSR count). The Morgan fingerprint density at radius 3 is 2.21 bits per heavy atom. The van der Waals surface area contributed by atoms with Crippen molar-refractivity contribution >= 4 is 28.9 Å². The Kier molecular flexibility index (Phi) is 7.38. The largest absolute Gasteiger partial charge is 0.760 e. The Labute approximate surface area is 163 Å². The lowest BCUT2D eigenvalue weighted by Gasteiger charge is -2.20. The van der Waals surface area contributed by atoms with Crippen LogP contribution in [-0.4, -0.2) is 40.1 Å². The van der Waals surface area contributed by atoms with E-state index in [-0.39, 0.29) is 18.0 Å². The van der Waals surface area contributed by atoms with Crippen LogP contribution >= 0.6 is 0 Å². The van der Waals surface area contributed by atoms with Gasteiger partial charge in [0.15, 0.2) is 12.4 Å². The number of carbonyl (C=O) groups is 2. The van der Waals surface area contributed by atoms with Gasteiger partial charge in [-0.25, -0.2) is 9.52 Å². The first kappa shape index (κ1) is 21.2. The highest BCUT2D eigenvalue weighted by molar-refractivity contribution is 7.77. The Morgan fingerprint density at radius 2 is 1.71 bits per heavy atom. The third-order valence-electron chi connectivity index (χ3n) is 3.75. The van der Waals surface area contributed by atoms with Crippen LogP contribution in [0.2, 0.25) is 0 Å².